The number of hydrogen-bond acceptors (Lipinski definition) is 2. The summed E-state index contributed by atoms with van der Waals surface area (Å²) in [6.07, 6.45) is 2.03. The van der Waals surface area contributed by atoms with E-state index >= 15 is 0 Å². The zero-order valence-corrected chi connectivity index (χ0v) is 15.1. The van der Waals surface area contributed by atoms with E-state index in [0.29, 0.717) is 6.54 Å². The standard InChI is InChI=1S/C20H22ClN3O/c1-13(20(25)22-2)23-11-16(14-7-3-5-9-18(14)21)17-12-24-19-10-6-4-8-15(17)19/h3-10,12-13,16,23-24H,11H2,1-2H3,(H,22,25)/t13-,16+/m1/s1. The van der Waals surface area contributed by atoms with Crippen molar-refractivity contribution in [2.45, 2.75) is 18.9 Å². The molecule has 0 aliphatic carbocycles. The van der Waals surface area contributed by atoms with Gasteiger partial charge in [-0.25, -0.2) is 0 Å². The number of rotatable bonds is 6. The Morgan fingerprint density at radius 1 is 1.12 bits per heavy atom. The molecule has 2 atom stereocenters. The van der Waals surface area contributed by atoms with Crippen LogP contribution in [0.25, 0.3) is 10.9 Å². The van der Waals surface area contributed by atoms with Crippen molar-refractivity contribution in [2.24, 2.45) is 0 Å². The highest BCUT2D eigenvalue weighted by atomic mass is 35.5. The first kappa shape index (κ1) is 17.5. The molecular weight excluding hydrogens is 334 g/mol. The van der Waals surface area contributed by atoms with Gasteiger partial charge in [0.2, 0.25) is 5.91 Å². The van der Waals surface area contributed by atoms with Crippen LogP contribution in [-0.4, -0.2) is 30.5 Å². The number of H-pyrrole nitrogens is 1. The summed E-state index contributed by atoms with van der Waals surface area (Å²) in [4.78, 5) is 15.2. The van der Waals surface area contributed by atoms with E-state index in [4.69, 9.17) is 11.6 Å². The summed E-state index contributed by atoms with van der Waals surface area (Å²) in [5, 5.41) is 7.90. The third-order valence-electron chi connectivity index (χ3n) is 4.55. The molecule has 0 aliphatic rings. The molecule has 130 valence electrons. The number of halogens is 1. The van der Waals surface area contributed by atoms with Gasteiger partial charge in [-0.15, -0.1) is 0 Å². The minimum atomic E-state index is -0.278. The van der Waals surface area contributed by atoms with E-state index in [1.165, 1.54) is 10.9 Å². The second-order valence-corrected chi connectivity index (χ2v) is 6.52. The van der Waals surface area contributed by atoms with Crippen molar-refractivity contribution in [1.82, 2.24) is 15.6 Å². The Kier molecular flexibility index (Phi) is 5.41. The Labute approximate surface area is 152 Å². The summed E-state index contributed by atoms with van der Waals surface area (Å²) in [5.74, 6) is 0.00814. The lowest BCUT2D eigenvalue weighted by Crippen LogP contribution is -2.42. The van der Waals surface area contributed by atoms with Crippen LogP contribution < -0.4 is 10.6 Å². The smallest absolute Gasteiger partial charge is 0.236 e. The fourth-order valence-electron chi connectivity index (χ4n) is 3.13. The van der Waals surface area contributed by atoms with Crippen LogP contribution in [0.3, 0.4) is 0 Å². The number of carbonyl (C=O) groups excluding carboxylic acids is 1. The largest absolute Gasteiger partial charge is 0.361 e. The minimum absolute atomic E-state index is 0.0307. The first-order valence-corrected chi connectivity index (χ1v) is 8.75. The Balaban J connectivity index is 1.98. The first-order valence-electron chi connectivity index (χ1n) is 8.37. The molecule has 2 aromatic carbocycles. The average Bonchev–Trinajstić information content (AvgIpc) is 3.06. The Hall–Kier alpha value is -2.30. The van der Waals surface area contributed by atoms with Crippen LogP contribution in [-0.2, 0) is 4.79 Å². The number of fused-ring (bicyclic) bond motifs is 1. The van der Waals surface area contributed by atoms with Crippen molar-refractivity contribution < 1.29 is 4.79 Å². The molecule has 1 amide bonds. The number of likely N-dealkylation sites (N-methyl/N-ethyl adjacent to an activating group) is 1. The van der Waals surface area contributed by atoms with Gasteiger partial charge in [0, 0.05) is 41.6 Å². The maximum Gasteiger partial charge on any atom is 0.236 e. The van der Waals surface area contributed by atoms with Gasteiger partial charge in [0.05, 0.1) is 6.04 Å². The van der Waals surface area contributed by atoms with E-state index in [0.717, 1.165) is 16.1 Å². The summed E-state index contributed by atoms with van der Waals surface area (Å²) < 4.78 is 0. The molecule has 3 rings (SSSR count). The molecule has 25 heavy (non-hydrogen) atoms. The summed E-state index contributed by atoms with van der Waals surface area (Å²) in [6, 6.07) is 15.8. The molecule has 1 heterocycles. The van der Waals surface area contributed by atoms with E-state index in [2.05, 4.69) is 27.8 Å². The highest BCUT2D eigenvalue weighted by Gasteiger charge is 2.22. The van der Waals surface area contributed by atoms with Gasteiger partial charge in [-0.05, 0) is 30.2 Å². The number of benzene rings is 2. The summed E-state index contributed by atoms with van der Waals surface area (Å²) in [6.45, 7) is 2.47. The van der Waals surface area contributed by atoms with E-state index in [1.807, 2.05) is 49.5 Å². The molecule has 0 bridgehead atoms. The van der Waals surface area contributed by atoms with Gasteiger partial charge in [0.15, 0.2) is 0 Å². The first-order chi connectivity index (χ1) is 12.1. The molecule has 0 radical (unpaired) electrons. The van der Waals surface area contributed by atoms with Crippen molar-refractivity contribution in [3.05, 3.63) is 70.9 Å². The lowest BCUT2D eigenvalue weighted by Gasteiger charge is -2.21. The number of hydrogen-bond donors (Lipinski definition) is 3. The summed E-state index contributed by atoms with van der Waals surface area (Å²) in [5.41, 5.74) is 3.31. The molecule has 0 fully saturated rings. The van der Waals surface area contributed by atoms with Crippen LogP contribution in [0.1, 0.15) is 24.0 Å². The molecular formula is C20H22ClN3O. The zero-order valence-electron chi connectivity index (χ0n) is 14.3. The number of aromatic amines is 1. The van der Waals surface area contributed by atoms with E-state index in [9.17, 15) is 4.79 Å². The predicted octanol–water partition coefficient (Wildman–Crippen LogP) is 3.68. The average molecular weight is 356 g/mol. The molecule has 0 aliphatic heterocycles. The van der Waals surface area contributed by atoms with Crippen molar-refractivity contribution in [3.63, 3.8) is 0 Å². The van der Waals surface area contributed by atoms with Gasteiger partial charge in [-0.1, -0.05) is 48.0 Å². The topological polar surface area (TPSA) is 56.9 Å². The lowest BCUT2D eigenvalue weighted by atomic mass is 9.90. The van der Waals surface area contributed by atoms with Crippen LogP contribution in [0, 0.1) is 0 Å². The van der Waals surface area contributed by atoms with Gasteiger partial charge in [-0.2, -0.15) is 0 Å². The van der Waals surface area contributed by atoms with E-state index in [-0.39, 0.29) is 17.9 Å². The third kappa shape index (κ3) is 3.70. The van der Waals surface area contributed by atoms with Gasteiger partial charge in [-0.3, -0.25) is 4.79 Å². The van der Waals surface area contributed by atoms with E-state index < -0.39 is 0 Å². The second-order valence-electron chi connectivity index (χ2n) is 6.11. The second kappa shape index (κ2) is 7.72. The monoisotopic (exact) mass is 355 g/mol. The highest BCUT2D eigenvalue weighted by molar-refractivity contribution is 6.31. The highest BCUT2D eigenvalue weighted by Crippen LogP contribution is 2.34. The molecule has 0 spiro atoms. The number of carbonyl (C=O) groups is 1. The van der Waals surface area contributed by atoms with Crippen molar-refractivity contribution in [1.29, 1.82) is 0 Å². The number of amides is 1. The van der Waals surface area contributed by atoms with E-state index in [1.54, 1.807) is 7.05 Å². The van der Waals surface area contributed by atoms with Crippen molar-refractivity contribution in [2.75, 3.05) is 13.6 Å². The summed E-state index contributed by atoms with van der Waals surface area (Å²) in [7, 11) is 1.64. The normalized spacial score (nSPS) is 13.6. The van der Waals surface area contributed by atoms with Crippen LogP contribution >= 0.6 is 11.6 Å². The molecule has 5 heteroatoms. The molecule has 0 unspecified atom stereocenters. The Morgan fingerprint density at radius 3 is 2.60 bits per heavy atom. The zero-order chi connectivity index (χ0) is 17.8. The lowest BCUT2D eigenvalue weighted by molar-refractivity contribution is -0.122. The molecule has 3 N–H and O–H groups in total. The summed E-state index contributed by atoms with van der Waals surface area (Å²) >= 11 is 6.47. The minimum Gasteiger partial charge on any atom is -0.361 e. The quantitative estimate of drug-likeness (QED) is 0.631. The SMILES string of the molecule is CNC(=O)[C@@H](C)NC[C@@H](c1ccccc1Cl)c1c[nH]c2ccccc12. The Bertz CT molecular complexity index is 874. The Morgan fingerprint density at radius 2 is 1.84 bits per heavy atom. The number of nitrogens with one attached hydrogen (secondary N) is 3. The van der Waals surface area contributed by atoms with Crippen molar-refractivity contribution in [3.8, 4) is 0 Å². The third-order valence-corrected chi connectivity index (χ3v) is 4.89. The molecule has 0 saturated carbocycles. The fourth-order valence-corrected chi connectivity index (χ4v) is 3.40. The van der Waals surface area contributed by atoms with Crippen LogP contribution in [0.5, 0.6) is 0 Å². The molecule has 3 aromatic rings. The van der Waals surface area contributed by atoms with Crippen LogP contribution in [0.4, 0.5) is 0 Å². The van der Waals surface area contributed by atoms with Gasteiger partial charge in [0.25, 0.3) is 0 Å². The predicted molar refractivity (Wildman–Crippen MR) is 103 cm³/mol. The molecule has 4 nitrogen and oxygen atoms in total. The van der Waals surface area contributed by atoms with Crippen LogP contribution in [0.15, 0.2) is 54.7 Å². The molecule has 0 saturated heterocycles. The van der Waals surface area contributed by atoms with Gasteiger partial charge in [0.1, 0.15) is 0 Å². The fraction of sp³-hybridized carbons (Fsp3) is 0.250. The molecule has 1 aromatic heterocycles. The number of para-hydroxylation sites is 1. The maximum atomic E-state index is 11.8. The van der Waals surface area contributed by atoms with Crippen molar-refractivity contribution >= 4 is 28.4 Å². The van der Waals surface area contributed by atoms with Crippen LogP contribution in [0.2, 0.25) is 5.02 Å². The van der Waals surface area contributed by atoms with Gasteiger partial charge >= 0.3 is 0 Å². The van der Waals surface area contributed by atoms with Gasteiger partial charge < -0.3 is 15.6 Å². The number of aromatic nitrogens is 1. The maximum absolute atomic E-state index is 11.8.